The second-order valence-electron chi connectivity index (χ2n) is 6.04. The first kappa shape index (κ1) is 17.6. The molecule has 118 valence electrons. The standard InChI is InChI=1S/C14H24N2O4Si/c1-6-20-14(18)12-9-13(11(2)17)16(15-12)10-19-7-8-21(3,4)5/h9H,6-8,10H2,1-5H3. The molecule has 7 heteroatoms. The molecule has 0 aliphatic carbocycles. The lowest BCUT2D eigenvalue weighted by atomic mass is 10.3. The van der Waals surface area contributed by atoms with Crippen molar-refractivity contribution < 1.29 is 19.1 Å². The summed E-state index contributed by atoms with van der Waals surface area (Å²) < 4.78 is 11.9. The van der Waals surface area contributed by atoms with E-state index in [4.69, 9.17) is 9.47 Å². The Balaban J connectivity index is 2.71. The molecule has 1 aromatic heterocycles. The van der Waals surface area contributed by atoms with Gasteiger partial charge in [-0.25, -0.2) is 9.48 Å². The number of carbonyl (C=O) groups excluding carboxylic acids is 2. The lowest BCUT2D eigenvalue weighted by Gasteiger charge is -2.15. The molecule has 0 aliphatic rings. The van der Waals surface area contributed by atoms with E-state index in [2.05, 4.69) is 24.7 Å². The molecule has 1 aromatic rings. The molecule has 0 aromatic carbocycles. The van der Waals surface area contributed by atoms with Crippen LogP contribution >= 0.6 is 0 Å². The number of ether oxygens (including phenoxy) is 2. The third-order valence-corrected chi connectivity index (χ3v) is 4.54. The van der Waals surface area contributed by atoms with Gasteiger partial charge in [0.05, 0.1) is 6.61 Å². The van der Waals surface area contributed by atoms with Gasteiger partial charge in [0.15, 0.2) is 11.5 Å². The number of hydrogen-bond acceptors (Lipinski definition) is 5. The van der Waals surface area contributed by atoms with Crippen LogP contribution in [0.5, 0.6) is 0 Å². The molecule has 0 N–H and O–H groups in total. The third kappa shape index (κ3) is 5.80. The summed E-state index contributed by atoms with van der Waals surface area (Å²) >= 11 is 0. The number of nitrogens with zero attached hydrogens (tertiary/aromatic N) is 2. The summed E-state index contributed by atoms with van der Waals surface area (Å²) in [7, 11) is -1.15. The van der Waals surface area contributed by atoms with Gasteiger partial charge in [-0.3, -0.25) is 4.79 Å². The van der Waals surface area contributed by atoms with Gasteiger partial charge in [-0.05, 0) is 13.0 Å². The first-order valence-corrected chi connectivity index (χ1v) is 10.8. The maximum atomic E-state index is 11.6. The highest BCUT2D eigenvalue weighted by Gasteiger charge is 2.18. The van der Waals surface area contributed by atoms with Gasteiger partial charge in [-0.1, -0.05) is 19.6 Å². The fraction of sp³-hybridized carbons (Fsp3) is 0.643. The summed E-state index contributed by atoms with van der Waals surface area (Å²) in [5, 5.41) is 4.09. The molecule has 1 heterocycles. The quantitative estimate of drug-likeness (QED) is 0.319. The Labute approximate surface area is 126 Å². The van der Waals surface area contributed by atoms with E-state index in [-0.39, 0.29) is 24.8 Å². The number of rotatable bonds is 8. The van der Waals surface area contributed by atoms with Crippen molar-refractivity contribution in [2.45, 2.75) is 46.3 Å². The fourth-order valence-electron chi connectivity index (χ4n) is 1.63. The van der Waals surface area contributed by atoms with Crippen LogP contribution < -0.4 is 0 Å². The molecule has 21 heavy (non-hydrogen) atoms. The average Bonchev–Trinajstić information content (AvgIpc) is 2.78. The molecule has 0 fully saturated rings. The van der Waals surface area contributed by atoms with Crippen molar-refractivity contribution in [3.63, 3.8) is 0 Å². The van der Waals surface area contributed by atoms with Crippen LogP contribution in [0.2, 0.25) is 25.7 Å². The summed E-state index contributed by atoms with van der Waals surface area (Å²) in [6.07, 6.45) is 0. The zero-order valence-corrected chi connectivity index (χ0v) is 14.4. The zero-order valence-electron chi connectivity index (χ0n) is 13.4. The van der Waals surface area contributed by atoms with E-state index in [1.54, 1.807) is 6.92 Å². The van der Waals surface area contributed by atoms with E-state index < -0.39 is 14.0 Å². The van der Waals surface area contributed by atoms with Gasteiger partial charge in [0.2, 0.25) is 0 Å². The summed E-state index contributed by atoms with van der Waals surface area (Å²) in [6, 6.07) is 2.48. The Morgan fingerprint density at radius 2 is 2.00 bits per heavy atom. The van der Waals surface area contributed by atoms with Crippen molar-refractivity contribution in [3.05, 3.63) is 17.5 Å². The van der Waals surface area contributed by atoms with E-state index in [0.717, 1.165) is 6.04 Å². The summed E-state index contributed by atoms with van der Waals surface area (Å²) in [4.78, 5) is 23.2. The van der Waals surface area contributed by atoms with Crippen LogP contribution in [0.25, 0.3) is 0 Å². The van der Waals surface area contributed by atoms with Crippen LogP contribution in [0, 0.1) is 0 Å². The number of aromatic nitrogens is 2. The molecule has 0 saturated carbocycles. The largest absolute Gasteiger partial charge is 0.461 e. The highest BCUT2D eigenvalue weighted by molar-refractivity contribution is 6.76. The van der Waals surface area contributed by atoms with Crippen molar-refractivity contribution in [2.24, 2.45) is 0 Å². The SMILES string of the molecule is CCOC(=O)c1cc(C(C)=O)n(COCC[Si](C)(C)C)n1. The summed E-state index contributed by atoms with van der Waals surface area (Å²) in [5.74, 6) is -0.687. The molecule has 0 atom stereocenters. The Morgan fingerprint density at radius 1 is 1.33 bits per heavy atom. The lowest BCUT2D eigenvalue weighted by Crippen LogP contribution is -2.22. The molecule has 6 nitrogen and oxygen atoms in total. The van der Waals surface area contributed by atoms with Crippen molar-refractivity contribution in [1.29, 1.82) is 0 Å². The fourth-order valence-corrected chi connectivity index (χ4v) is 2.39. The normalized spacial score (nSPS) is 11.5. The van der Waals surface area contributed by atoms with Crippen LogP contribution in [-0.4, -0.2) is 42.8 Å². The molecule has 0 aliphatic heterocycles. The van der Waals surface area contributed by atoms with Crippen LogP contribution in [0.1, 0.15) is 34.8 Å². The van der Waals surface area contributed by atoms with Crippen molar-refractivity contribution in [2.75, 3.05) is 13.2 Å². The van der Waals surface area contributed by atoms with E-state index in [1.165, 1.54) is 17.7 Å². The van der Waals surface area contributed by atoms with Gasteiger partial charge in [-0.15, -0.1) is 0 Å². The van der Waals surface area contributed by atoms with Gasteiger partial charge in [0.25, 0.3) is 0 Å². The van der Waals surface area contributed by atoms with E-state index in [1.807, 2.05) is 0 Å². The number of ketones is 1. The first-order chi connectivity index (χ1) is 9.74. The smallest absolute Gasteiger partial charge is 0.358 e. The van der Waals surface area contributed by atoms with E-state index in [0.29, 0.717) is 12.3 Å². The van der Waals surface area contributed by atoms with Gasteiger partial charge in [-0.2, -0.15) is 5.10 Å². The van der Waals surface area contributed by atoms with Crippen LogP contribution in [0.15, 0.2) is 6.07 Å². The Kier molecular flexibility index (Phi) is 6.29. The van der Waals surface area contributed by atoms with Crippen LogP contribution in [0.4, 0.5) is 0 Å². The third-order valence-electron chi connectivity index (χ3n) is 2.84. The number of hydrogen-bond donors (Lipinski definition) is 0. The lowest BCUT2D eigenvalue weighted by molar-refractivity contribution is 0.0509. The molecular weight excluding hydrogens is 288 g/mol. The maximum absolute atomic E-state index is 11.6. The Bertz CT molecular complexity index is 506. The highest BCUT2D eigenvalue weighted by atomic mass is 28.3. The minimum Gasteiger partial charge on any atom is -0.461 e. The second kappa shape index (κ2) is 7.51. The van der Waals surface area contributed by atoms with Gasteiger partial charge in [0.1, 0.15) is 12.4 Å². The van der Waals surface area contributed by atoms with Crippen LogP contribution in [0.3, 0.4) is 0 Å². The zero-order chi connectivity index (χ0) is 16.0. The minimum absolute atomic E-state index is 0.135. The van der Waals surface area contributed by atoms with Crippen molar-refractivity contribution >= 4 is 19.8 Å². The van der Waals surface area contributed by atoms with Gasteiger partial charge < -0.3 is 9.47 Å². The Hall–Kier alpha value is -1.47. The second-order valence-corrected chi connectivity index (χ2v) is 11.7. The average molecular weight is 312 g/mol. The highest BCUT2D eigenvalue weighted by Crippen LogP contribution is 2.10. The van der Waals surface area contributed by atoms with Gasteiger partial charge >= 0.3 is 5.97 Å². The molecule has 0 amide bonds. The molecule has 0 spiro atoms. The molecule has 0 bridgehead atoms. The summed E-state index contributed by atoms with van der Waals surface area (Å²) in [5.41, 5.74) is 0.488. The predicted octanol–water partition coefficient (Wildman–Crippen LogP) is 2.57. The minimum atomic E-state index is -1.15. The molecule has 1 rings (SSSR count). The maximum Gasteiger partial charge on any atom is 0.358 e. The first-order valence-electron chi connectivity index (χ1n) is 7.08. The Morgan fingerprint density at radius 3 is 2.52 bits per heavy atom. The number of Topliss-reactive ketones (excluding diaryl/α,β-unsaturated/α-hetero) is 1. The topological polar surface area (TPSA) is 70.4 Å². The number of esters is 1. The summed E-state index contributed by atoms with van der Waals surface area (Å²) in [6.45, 7) is 11.0. The molecule has 0 unspecified atom stereocenters. The predicted molar refractivity (Wildman–Crippen MR) is 82.3 cm³/mol. The van der Waals surface area contributed by atoms with E-state index >= 15 is 0 Å². The van der Waals surface area contributed by atoms with Gasteiger partial charge in [0, 0.05) is 27.7 Å². The van der Waals surface area contributed by atoms with Crippen LogP contribution in [-0.2, 0) is 16.2 Å². The number of carbonyl (C=O) groups is 2. The molecule has 0 saturated heterocycles. The van der Waals surface area contributed by atoms with Crippen molar-refractivity contribution in [3.8, 4) is 0 Å². The monoisotopic (exact) mass is 312 g/mol. The molecule has 0 radical (unpaired) electrons. The van der Waals surface area contributed by atoms with E-state index in [9.17, 15) is 9.59 Å². The van der Waals surface area contributed by atoms with Crippen molar-refractivity contribution in [1.82, 2.24) is 9.78 Å². The molecular formula is C14H24N2O4Si.